The van der Waals surface area contributed by atoms with E-state index in [1.54, 1.807) is 24.3 Å². The van der Waals surface area contributed by atoms with Gasteiger partial charge in [0.05, 0.1) is 23.6 Å². The maximum absolute atomic E-state index is 12.5. The van der Waals surface area contributed by atoms with Crippen LogP contribution in [0.4, 0.5) is 5.69 Å². The highest BCUT2D eigenvalue weighted by Crippen LogP contribution is 2.17. The lowest BCUT2D eigenvalue weighted by Crippen LogP contribution is -2.21. The zero-order valence-corrected chi connectivity index (χ0v) is 15.5. The molecule has 2 aromatic rings. The Kier molecular flexibility index (Phi) is 7.40. The second-order valence-electron chi connectivity index (χ2n) is 5.50. The number of benzene rings is 1. The molecular formula is C18H21N3O4S. The monoisotopic (exact) mass is 375 g/mol. The van der Waals surface area contributed by atoms with E-state index >= 15 is 0 Å². The molecule has 2 rings (SSSR count). The Balaban J connectivity index is 2.19. The summed E-state index contributed by atoms with van der Waals surface area (Å²) < 4.78 is 5.20. The summed E-state index contributed by atoms with van der Waals surface area (Å²) in [5.41, 5.74) is 0.159. The molecule has 1 aromatic heterocycles. The van der Waals surface area contributed by atoms with Crippen LogP contribution in [0.2, 0.25) is 0 Å². The van der Waals surface area contributed by atoms with Crippen LogP contribution >= 0.6 is 11.8 Å². The average Bonchev–Trinajstić information content (AvgIpc) is 2.62. The Morgan fingerprint density at radius 3 is 2.81 bits per heavy atom. The third-order valence-electron chi connectivity index (χ3n) is 3.43. The minimum Gasteiger partial charge on any atom is -0.462 e. The van der Waals surface area contributed by atoms with Gasteiger partial charge >= 0.3 is 5.97 Å². The number of hydrogen-bond acceptors (Lipinski definition) is 6. The number of para-hydroxylation sites is 1. The van der Waals surface area contributed by atoms with Gasteiger partial charge in [-0.1, -0.05) is 25.5 Å². The number of amides is 1. The molecule has 0 aliphatic rings. The maximum Gasteiger partial charge on any atom is 0.340 e. The molecular weight excluding hydrogens is 354 g/mol. The molecule has 1 heterocycles. The number of hydrogen-bond donors (Lipinski definition) is 2. The Hall–Kier alpha value is -2.61. The molecule has 2 N–H and O–H groups in total. The Morgan fingerprint density at radius 2 is 2.08 bits per heavy atom. The number of esters is 1. The van der Waals surface area contributed by atoms with E-state index in [-0.39, 0.29) is 11.3 Å². The van der Waals surface area contributed by atoms with Crippen molar-refractivity contribution in [2.75, 3.05) is 18.2 Å². The van der Waals surface area contributed by atoms with Crippen LogP contribution in [0.5, 0.6) is 0 Å². The Morgan fingerprint density at radius 1 is 1.31 bits per heavy atom. The summed E-state index contributed by atoms with van der Waals surface area (Å²) in [7, 11) is 0. The lowest BCUT2D eigenvalue weighted by atomic mass is 10.1. The summed E-state index contributed by atoms with van der Waals surface area (Å²) >= 11 is 1.48. The van der Waals surface area contributed by atoms with Gasteiger partial charge in [-0.3, -0.25) is 9.59 Å². The lowest BCUT2D eigenvalue weighted by molar-refractivity contribution is 0.0501. The van der Waals surface area contributed by atoms with Gasteiger partial charge in [0.25, 0.3) is 11.5 Å². The van der Waals surface area contributed by atoms with E-state index < -0.39 is 17.4 Å². The van der Waals surface area contributed by atoms with E-state index in [4.69, 9.17) is 4.74 Å². The number of carbonyl (C=O) groups excluding carboxylic acids is 2. The van der Waals surface area contributed by atoms with Gasteiger partial charge in [-0.25, -0.2) is 9.78 Å². The molecule has 0 fully saturated rings. The van der Waals surface area contributed by atoms with E-state index in [9.17, 15) is 14.4 Å². The van der Waals surface area contributed by atoms with Crippen molar-refractivity contribution in [2.24, 2.45) is 0 Å². The first-order chi connectivity index (χ1) is 12.5. The molecule has 26 heavy (non-hydrogen) atoms. The second-order valence-corrected chi connectivity index (χ2v) is 6.37. The number of thioether (sulfide) groups is 1. The number of unbranched alkanes of at least 4 members (excludes halogenated alkanes) is 1. The van der Waals surface area contributed by atoms with Gasteiger partial charge in [0.1, 0.15) is 11.5 Å². The fourth-order valence-corrected chi connectivity index (χ4v) is 2.58. The van der Waals surface area contributed by atoms with Crippen molar-refractivity contribution in [3.63, 3.8) is 0 Å². The van der Waals surface area contributed by atoms with Crippen molar-refractivity contribution in [2.45, 2.75) is 25.5 Å². The van der Waals surface area contributed by atoms with Crippen LogP contribution in [-0.2, 0) is 10.5 Å². The molecule has 138 valence electrons. The first kappa shape index (κ1) is 19.7. The van der Waals surface area contributed by atoms with E-state index in [2.05, 4.69) is 15.3 Å². The SMILES string of the molecule is CCCCOC(=O)c1ccccc1NC(=O)c1cc(=O)[nH]c(CSC)n1. The molecule has 0 atom stereocenters. The number of aromatic nitrogens is 2. The second kappa shape index (κ2) is 9.76. The van der Waals surface area contributed by atoms with Crippen LogP contribution in [0.15, 0.2) is 35.1 Å². The lowest BCUT2D eigenvalue weighted by Gasteiger charge is -2.11. The molecule has 1 amide bonds. The summed E-state index contributed by atoms with van der Waals surface area (Å²) in [5, 5.41) is 2.63. The van der Waals surface area contributed by atoms with Gasteiger partial charge in [-0.05, 0) is 24.8 Å². The number of H-pyrrole nitrogens is 1. The summed E-state index contributed by atoms with van der Waals surface area (Å²) in [5.74, 6) is -0.164. The van der Waals surface area contributed by atoms with Crippen LogP contribution < -0.4 is 10.9 Å². The molecule has 8 heteroatoms. The molecule has 0 bridgehead atoms. The average molecular weight is 375 g/mol. The predicted molar refractivity (Wildman–Crippen MR) is 102 cm³/mol. The van der Waals surface area contributed by atoms with Gasteiger partial charge in [-0.2, -0.15) is 11.8 Å². The van der Waals surface area contributed by atoms with Crippen molar-refractivity contribution in [1.82, 2.24) is 9.97 Å². The van der Waals surface area contributed by atoms with E-state index in [0.29, 0.717) is 23.9 Å². The minimum atomic E-state index is -0.563. The Bertz CT molecular complexity index is 835. The summed E-state index contributed by atoms with van der Waals surface area (Å²) in [6, 6.07) is 7.69. The number of rotatable bonds is 8. The zero-order chi connectivity index (χ0) is 18.9. The summed E-state index contributed by atoms with van der Waals surface area (Å²) in [6.45, 7) is 2.33. The van der Waals surface area contributed by atoms with Crippen LogP contribution in [0, 0.1) is 0 Å². The van der Waals surface area contributed by atoms with Gasteiger partial charge < -0.3 is 15.0 Å². The molecule has 0 saturated carbocycles. The maximum atomic E-state index is 12.5. The number of nitrogens with zero attached hydrogens (tertiary/aromatic N) is 1. The highest BCUT2D eigenvalue weighted by Gasteiger charge is 2.16. The standard InChI is InChI=1S/C18H21N3O4S/c1-3-4-9-25-18(24)12-7-5-6-8-13(12)20-17(23)14-10-16(22)21-15(19-14)11-26-2/h5-8,10H,3-4,9,11H2,1-2H3,(H,20,23)(H,19,21,22). The van der Waals surface area contributed by atoms with Gasteiger partial charge in [-0.15, -0.1) is 0 Å². The quantitative estimate of drug-likeness (QED) is 0.543. The van der Waals surface area contributed by atoms with Crippen molar-refractivity contribution in [3.05, 3.63) is 57.8 Å². The van der Waals surface area contributed by atoms with E-state index in [0.717, 1.165) is 18.9 Å². The van der Waals surface area contributed by atoms with Crippen molar-refractivity contribution in [1.29, 1.82) is 0 Å². The predicted octanol–water partition coefficient (Wildman–Crippen LogP) is 2.84. The minimum absolute atomic E-state index is 0.00745. The number of ether oxygens (including phenoxy) is 1. The largest absolute Gasteiger partial charge is 0.462 e. The topological polar surface area (TPSA) is 101 Å². The highest BCUT2D eigenvalue weighted by molar-refractivity contribution is 7.97. The van der Waals surface area contributed by atoms with Crippen LogP contribution in [0.3, 0.4) is 0 Å². The molecule has 0 spiro atoms. The number of nitrogens with one attached hydrogen (secondary N) is 2. The fourth-order valence-electron chi connectivity index (χ4n) is 2.17. The third-order valence-corrected chi connectivity index (χ3v) is 3.99. The Labute approximate surface area is 155 Å². The number of aromatic amines is 1. The molecule has 0 aliphatic heterocycles. The van der Waals surface area contributed by atoms with Gasteiger partial charge in [0.15, 0.2) is 0 Å². The molecule has 7 nitrogen and oxygen atoms in total. The number of carbonyl (C=O) groups is 2. The highest BCUT2D eigenvalue weighted by atomic mass is 32.2. The van der Waals surface area contributed by atoms with E-state index in [1.807, 2.05) is 13.2 Å². The van der Waals surface area contributed by atoms with Crippen molar-refractivity contribution >= 4 is 29.3 Å². The molecule has 1 aromatic carbocycles. The van der Waals surface area contributed by atoms with E-state index in [1.165, 1.54) is 11.8 Å². The zero-order valence-electron chi connectivity index (χ0n) is 14.7. The fraction of sp³-hybridized carbons (Fsp3) is 0.333. The van der Waals surface area contributed by atoms with Gasteiger partial charge in [0.2, 0.25) is 0 Å². The summed E-state index contributed by atoms with van der Waals surface area (Å²) in [6.07, 6.45) is 3.56. The van der Waals surface area contributed by atoms with Crippen molar-refractivity contribution < 1.29 is 14.3 Å². The molecule has 0 saturated heterocycles. The first-order valence-corrected chi connectivity index (χ1v) is 9.61. The molecule has 0 aliphatic carbocycles. The summed E-state index contributed by atoms with van der Waals surface area (Å²) in [4.78, 5) is 43.1. The first-order valence-electron chi connectivity index (χ1n) is 8.21. The smallest absolute Gasteiger partial charge is 0.340 e. The van der Waals surface area contributed by atoms with Crippen LogP contribution in [-0.4, -0.2) is 34.7 Å². The van der Waals surface area contributed by atoms with Crippen LogP contribution in [0.1, 0.15) is 46.4 Å². The molecule has 0 radical (unpaired) electrons. The molecule has 0 unspecified atom stereocenters. The van der Waals surface area contributed by atoms with Crippen molar-refractivity contribution in [3.8, 4) is 0 Å². The van der Waals surface area contributed by atoms with Gasteiger partial charge in [0, 0.05) is 6.07 Å². The normalized spacial score (nSPS) is 10.4. The number of anilines is 1. The van der Waals surface area contributed by atoms with Crippen LogP contribution in [0.25, 0.3) is 0 Å². The third kappa shape index (κ3) is 5.45.